The van der Waals surface area contributed by atoms with E-state index in [2.05, 4.69) is 21.8 Å². The fraction of sp³-hybridized carbons (Fsp3) is 0.250. The normalized spacial score (nSPS) is 14.9. The lowest BCUT2D eigenvalue weighted by Crippen LogP contribution is -2.47. The Morgan fingerprint density at radius 2 is 1.84 bits per heavy atom. The fourth-order valence-corrected chi connectivity index (χ4v) is 3.81. The number of carbonyl (C=O) groups is 1. The van der Waals surface area contributed by atoms with Gasteiger partial charge in [0.05, 0.1) is 12.7 Å². The van der Waals surface area contributed by atoms with E-state index in [1.54, 1.807) is 18.3 Å². The second kappa shape index (κ2) is 9.45. The zero-order chi connectivity index (χ0) is 22.5. The quantitative estimate of drug-likeness (QED) is 0.348. The smallest absolute Gasteiger partial charge is 0.348 e. The first-order chi connectivity index (χ1) is 15.6. The van der Waals surface area contributed by atoms with Crippen LogP contribution in [0.5, 0.6) is 0 Å². The number of ether oxygens (including phenoxy) is 1. The number of anilines is 1. The minimum absolute atomic E-state index is 0.201. The summed E-state index contributed by atoms with van der Waals surface area (Å²) in [6, 6.07) is 17.4. The lowest BCUT2D eigenvalue weighted by molar-refractivity contribution is -0.135. The summed E-state index contributed by atoms with van der Waals surface area (Å²) in [4.78, 5) is 34.3. The van der Waals surface area contributed by atoms with Crippen LogP contribution in [0, 0.1) is 11.3 Å². The van der Waals surface area contributed by atoms with Gasteiger partial charge in [-0.05, 0) is 23.8 Å². The van der Waals surface area contributed by atoms with Gasteiger partial charge in [-0.2, -0.15) is 5.26 Å². The monoisotopic (exact) mass is 429 g/mol. The molecule has 1 aliphatic rings. The van der Waals surface area contributed by atoms with E-state index in [1.165, 1.54) is 23.1 Å². The third kappa shape index (κ3) is 4.38. The molecule has 0 atom stereocenters. The highest BCUT2D eigenvalue weighted by molar-refractivity contribution is 5.98. The predicted octanol–water partition coefficient (Wildman–Crippen LogP) is 2.10. The van der Waals surface area contributed by atoms with Crippen LogP contribution in [0.4, 0.5) is 5.82 Å². The van der Waals surface area contributed by atoms with Gasteiger partial charge in [0, 0.05) is 38.9 Å². The van der Waals surface area contributed by atoms with E-state index >= 15 is 0 Å². The summed E-state index contributed by atoms with van der Waals surface area (Å²) in [6.45, 7) is 3.80. The second-order valence-corrected chi connectivity index (χ2v) is 7.49. The van der Waals surface area contributed by atoms with Crippen molar-refractivity contribution in [1.82, 2.24) is 14.3 Å². The van der Waals surface area contributed by atoms with Crippen LogP contribution in [-0.2, 0) is 16.1 Å². The van der Waals surface area contributed by atoms with E-state index < -0.39 is 5.97 Å². The summed E-state index contributed by atoms with van der Waals surface area (Å²) < 4.78 is 6.09. The number of hydrogen-bond acceptors (Lipinski definition) is 7. The van der Waals surface area contributed by atoms with Gasteiger partial charge in [0.2, 0.25) is 0 Å². The van der Waals surface area contributed by atoms with Gasteiger partial charge in [-0.25, -0.2) is 9.78 Å². The van der Waals surface area contributed by atoms with Crippen molar-refractivity contribution in [3.8, 4) is 6.07 Å². The number of methoxy groups -OCH3 is 1. The van der Waals surface area contributed by atoms with Gasteiger partial charge >= 0.3 is 5.97 Å². The maximum atomic E-state index is 13.2. The molecule has 0 spiro atoms. The molecule has 3 aromatic rings. The van der Waals surface area contributed by atoms with Crippen LogP contribution < -0.4 is 10.5 Å². The first-order valence-electron chi connectivity index (χ1n) is 10.3. The number of nitriles is 1. The summed E-state index contributed by atoms with van der Waals surface area (Å²) in [5, 5.41) is 9.40. The molecule has 8 heteroatoms. The van der Waals surface area contributed by atoms with Crippen LogP contribution in [0.25, 0.3) is 11.7 Å². The molecule has 2 aromatic heterocycles. The number of rotatable bonds is 5. The highest BCUT2D eigenvalue weighted by Gasteiger charge is 2.23. The zero-order valence-electron chi connectivity index (χ0n) is 17.8. The van der Waals surface area contributed by atoms with Crippen LogP contribution in [0.2, 0.25) is 0 Å². The average Bonchev–Trinajstić information content (AvgIpc) is 2.84. The van der Waals surface area contributed by atoms with E-state index in [0.717, 1.165) is 19.6 Å². The van der Waals surface area contributed by atoms with E-state index in [-0.39, 0.29) is 16.7 Å². The Hall–Kier alpha value is -3.96. The van der Waals surface area contributed by atoms with Gasteiger partial charge in [-0.3, -0.25) is 14.1 Å². The molecular formula is C24H23N5O3. The molecule has 0 amide bonds. The Morgan fingerprint density at radius 1 is 1.12 bits per heavy atom. The van der Waals surface area contributed by atoms with Gasteiger partial charge in [0.1, 0.15) is 23.1 Å². The number of nitrogens with zero attached hydrogens (tertiary/aromatic N) is 5. The Balaban J connectivity index is 1.67. The Kier molecular flexibility index (Phi) is 6.29. The van der Waals surface area contributed by atoms with E-state index in [9.17, 15) is 14.9 Å². The van der Waals surface area contributed by atoms with Crippen molar-refractivity contribution < 1.29 is 9.53 Å². The minimum Gasteiger partial charge on any atom is -0.465 e. The molecule has 1 aromatic carbocycles. The Labute approximate surface area is 185 Å². The van der Waals surface area contributed by atoms with Crippen LogP contribution >= 0.6 is 0 Å². The molecule has 1 fully saturated rings. The number of benzene rings is 1. The lowest BCUT2D eigenvalue weighted by atomic mass is 10.1. The third-order valence-electron chi connectivity index (χ3n) is 5.48. The summed E-state index contributed by atoms with van der Waals surface area (Å²) in [5.41, 5.74) is 1.38. The first-order valence-corrected chi connectivity index (χ1v) is 10.3. The number of pyridine rings is 1. The average molecular weight is 429 g/mol. The molecular weight excluding hydrogens is 406 g/mol. The van der Waals surface area contributed by atoms with Crippen LogP contribution in [0.15, 0.2) is 65.1 Å². The minimum atomic E-state index is -0.788. The first kappa shape index (κ1) is 21.3. The fourth-order valence-electron chi connectivity index (χ4n) is 3.81. The maximum absolute atomic E-state index is 13.2. The highest BCUT2D eigenvalue weighted by atomic mass is 16.5. The van der Waals surface area contributed by atoms with Crippen molar-refractivity contribution in [2.45, 2.75) is 6.54 Å². The Bertz CT molecular complexity index is 1250. The molecule has 162 valence electrons. The molecule has 32 heavy (non-hydrogen) atoms. The SMILES string of the molecule is COC(=O)C(C#N)=Cc1c(N2CCN(Cc3ccccc3)CC2)nc2ccccn2c1=O. The van der Waals surface area contributed by atoms with Gasteiger partial charge in [-0.15, -0.1) is 0 Å². The lowest BCUT2D eigenvalue weighted by Gasteiger charge is -2.36. The molecule has 0 unspecified atom stereocenters. The highest BCUT2D eigenvalue weighted by Crippen LogP contribution is 2.21. The van der Waals surface area contributed by atoms with Crippen LogP contribution in [0.3, 0.4) is 0 Å². The molecule has 4 rings (SSSR count). The molecule has 1 saturated heterocycles. The van der Waals surface area contributed by atoms with Gasteiger partial charge in [-0.1, -0.05) is 36.4 Å². The van der Waals surface area contributed by atoms with Crippen molar-refractivity contribution >= 4 is 23.5 Å². The van der Waals surface area contributed by atoms with Crippen molar-refractivity contribution in [2.24, 2.45) is 0 Å². The van der Waals surface area contributed by atoms with E-state index in [1.807, 2.05) is 35.2 Å². The summed E-state index contributed by atoms with van der Waals surface area (Å²) in [5.74, 6) is -0.319. The van der Waals surface area contributed by atoms with Crippen LogP contribution in [-0.4, -0.2) is 53.5 Å². The topological polar surface area (TPSA) is 90.9 Å². The molecule has 8 nitrogen and oxygen atoms in total. The standard InChI is InChI=1S/C24H23N5O3/c1-32-24(31)19(16-25)15-20-22(26-21-9-5-6-10-29(21)23(20)30)28-13-11-27(12-14-28)17-18-7-3-2-4-8-18/h2-10,15H,11-14,17H2,1H3. The number of esters is 1. The number of fused-ring (bicyclic) bond motifs is 1. The van der Waals surface area contributed by atoms with E-state index in [0.29, 0.717) is 24.6 Å². The number of hydrogen-bond donors (Lipinski definition) is 0. The van der Waals surface area contributed by atoms with E-state index in [4.69, 9.17) is 4.98 Å². The van der Waals surface area contributed by atoms with Crippen molar-refractivity contribution in [2.75, 3.05) is 38.2 Å². The van der Waals surface area contributed by atoms with Gasteiger partial charge in [0.15, 0.2) is 0 Å². The summed E-state index contributed by atoms with van der Waals surface area (Å²) in [7, 11) is 1.20. The summed E-state index contributed by atoms with van der Waals surface area (Å²) in [6.07, 6.45) is 2.90. The molecule has 0 bridgehead atoms. The molecule has 1 aliphatic heterocycles. The maximum Gasteiger partial charge on any atom is 0.348 e. The largest absolute Gasteiger partial charge is 0.465 e. The number of aromatic nitrogens is 2. The van der Waals surface area contributed by atoms with Crippen LogP contribution in [0.1, 0.15) is 11.1 Å². The van der Waals surface area contributed by atoms with Crippen molar-refractivity contribution in [3.05, 3.63) is 81.8 Å². The molecule has 0 N–H and O–H groups in total. The zero-order valence-corrected chi connectivity index (χ0v) is 17.8. The molecule has 0 aliphatic carbocycles. The summed E-state index contributed by atoms with van der Waals surface area (Å²) >= 11 is 0. The predicted molar refractivity (Wildman–Crippen MR) is 121 cm³/mol. The van der Waals surface area contributed by atoms with Crippen molar-refractivity contribution in [3.63, 3.8) is 0 Å². The third-order valence-corrected chi connectivity index (χ3v) is 5.48. The van der Waals surface area contributed by atoms with Gasteiger partial charge in [0.25, 0.3) is 5.56 Å². The second-order valence-electron chi connectivity index (χ2n) is 7.49. The number of carbonyl (C=O) groups excluding carboxylic acids is 1. The number of piperazine rings is 1. The van der Waals surface area contributed by atoms with Gasteiger partial charge < -0.3 is 9.64 Å². The molecule has 0 radical (unpaired) electrons. The molecule has 0 saturated carbocycles. The Morgan fingerprint density at radius 3 is 2.53 bits per heavy atom. The molecule has 3 heterocycles. The van der Waals surface area contributed by atoms with Crippen molar-refractivity contribution in [1.29, 1.82) is 5.26 Å².